The first kappa shape index (κ1) is 28.3. The molecule has 175 valence electrons. The van der Waals surface area contributed by atoms with Crippen LogP contribution >= 0.6 is 24.8 Å². The molecule has 0 heterocycles. The molecule has 33 heavy (non-hydrogen) atoms. The molecule has 4 rings (SSSR count). The van der Waals surface area contributed by atoms with Crippen molar-refractivity contribution in [3.05, 3.63) is 104 Å². The maximum atomic E-state index is 2.68. The second-order valence-electron chi connectivity index (χ2n) is 9.35. The van der Waals surface area contributed by atoms with Crippen LogP contribution in [0.3, 0.4) is 0 Å². The van der Waals surface area contributed by atoms with E-state index in [1.807, 2.05) is 3.28 Å². The van der Waals surface area contributed by atoms with Gasteiger partial charge in [0.2, 0.25) is 0 Å². The standard InChI is InChI=1S/C12H11Si.C9H13.C8H11.2ClH.Zr/c1-3-7-11(8-4-1)13-12-9-5-2-6-10-12;1-6-5-7(2)9(4)8(6)3;1-2-5-8-6-3-4-7-8;;;/h1-10,13H;5H,1-4H3;6-7H,2-3,5H2,1H3;2*1H;. The molecule has 0 aliphatic heterocycles. The van der Waals surface area contributed by atoms with Crippen molar-refractivity contribution >= 4 is 41.1 Å². The van der Waals surface area contributed by atoms with Gasteiger partial charge >= 0.3 is 199 Å². The van der Waals surface area contributed by atoms with Gasteiger partial charge in [-0.3, -0.25) is 0 Å². The van der Waals surface area contributed by atoms with Crippen molar-refractivity contribution in [2.75, 3.05) is 0 Å². The average molecular weight is 576 g/mol. The minimum Gasteiger partial charge on any atom is -0.147 e. The molecule has 0 fully saturated rings. The normalized spacial score (nSPS) is 19.5. The van der Waals surface area contributed by atoms with Crippen LogP contribution in [-0.4, -0.2) is 5.92 Å². The number of halogens is 2. The van der Waals surface area contributed by atoms with Gasteiger partial charge in [0.05, 0.1) is 0 Å². The Morgan fingerprint density at radius 2 is 1.42 bits per heavy atom. The molecule has 0 amide bonds. The van der Waals surface area contributed by atoms with Gasteiger partial charge in [-0.15, -0.1) is 24.8 Å². The second kappa shape index (κ2) is 12.2. The third-order valence-corrected chi connectivity index (χ3v) is 31.6. The van der Waals surface area contributed by atoms with E-state index >= 15 is 0 Å². The monoisotopic (exact) mass is 573 g/mol. The first-order valence-electron chi connectivity index (χ1n) is 11.7. The predicted octanol–water partition coefficient (Wildman–Crippen LogP) is 7.48. The molecule has 0 radical (unpaired) electrons. The van der Waals surface area contributed by atoms with Crippen molar-refractivity contribution in [1.29, 1.82) is 0 Å². The van der Waals surface area contributed by atoms with Gasteiger partial charge in [0.1, 0.15) is 0 Å². The van der Waals surface area contributed by atoms with E-state index < -0.39 is 26.8 Å². The number of hydrogen-bond acceptors (Lipinski definition) is 0. The van der Waals surface area contributed by atoms with Crippen molar-refractivity contribution in [2.24, 2.45) is 0 Å². The summed E-state index contributed by atoms with van der Waals surface area (Å²) in [5.74, 6) is -1.36. The summed E-state index contributed by atoms with van der Waals surface area (Å²) in [6.07, 6.45) is 11.5. The largest absolute Gasteiger partial charge is 0.147 e. The summed E-state index contributed by atoms with van der Waals surface area (Å²) in [5.41, 5.74) is 6.28. The van der Waals surface area contributed by atoms with Crippen molar-refractivity contribution in [1.82, 2.24) is 0 Å². The minimum absolute atomic E-state index is 0. The van der Waals surface area contributed by atoms with Gasteiger partial charge in [0, 0.05) is 0 Å². The number of benzene rings is 2. The van der Waals surface area contributed by atoms with Gasteiger partial charge in [0.25, 0.3) is 0 Å². The number of hydrogen-bond donors (Lipinski definition) is 0. The fraction of sp³-hybridized carbons (Fsp3) is 0.310. The van der Waals surface area contributed by atoms with Crippen LogP contribution < -0.4 is 10.4 Å². The molecule has 2 aromatic carbocycles. The van der Waals surface area contributed by atoms with Crippen molar-refractivity contribution in [2.45, 2.75) is 57.0 Å². The molecule has 2 aromatic rings. The second-order valence-corrected chi connectivity index (χ2v) is 25.4. The molecule has 0 saturated carbocycles. The third kappa shape index (κ3) is 5.67. The van der Waals surface area contributed by atoms with E-state index in [0.29, 0.717) is 0 Å². The van der Waals surface area contributed by atoms with E-state index in [9.17, 15) is 0 Å². The average Bonchev–Trinajstić information content (AvgIpc) is 3.32. The van der Waals surface area contributed by atoms with Crippen LogP contribution in [0.5, 0.6) is 0 Å². The fourth-order valence-corrected chi connectivity index (χ4v) is 32.2. The van der Waals surface area contributed by atoms with Gasteiger partial charge < -0.3 is 0 Å². The Balaban J connectivity index is 0.00000193. The SMILES string of the molecule is CCCC1=CC[C]([Zr]([SiH](c2ccccc2)c2ccccc2)[C]2(C)C=C(C)C(C)=C2C)=C1.Cl.Cl. The summed E-state index contributed by atoms with van der Waals surface area (Å²) >= 11 is -2.21. The Morgan fingerprint density at radius 1 is 0.879 bits per heavy atom. The Kier molecular flexibility index (Phi) is 10.4. The molecule has 0 spiro atoms. The summed E-state index contributed by atoms with van der Waals surface area (Å²) in [6, 6.07) is 23.1. The summed E-state index contributed by atoms with van der Waals surface area (Å²) in [5, 5.41) is 3.27. The first-order chi connectivity index (χ1) is 15.0. The van der Waals surface area contributed by atoms with Crippen LogP contribution in [0, 0.1) is 0 Å². The maximum absolute atomic E-state index is 2.68. The van der Waals surface area contributed by atoms with E-state index in [2.05, 4.69) is 114 Å². The molecular weight excluding hydrogens is 539 g/mol. The van der Waals surface area contributed by atoms with Crippen LogP contribution in [0.1, 0.15) is 53.9 Å². The Hall–Kier alpha value is -0.920. The Morgan fingerprint density at radius 3 is 1.88 bits per heavy atom. The van der Waals surface area contributed by atoms with Crippen molar-refractivity contribution in [3.63, 3.8) is 0 Å². The van der Waals surface area contributed by atoms with Crippen LogP contribution in [0.25, 0.3) is 0 Å². The number of allylic oxidation sites excluding steroid dienone is 8. The van der Waals surface area contributed by atoms with Gasteiger partial charge in [-0.05, 0) is 0 Å². The Labute approximate surface area is 222 Å². The van der Waals surface area contributed by atoms with Crippen LogP contribution in [0.15, 0.2) is 104 Å². The molecule has 4 heteroatoms. The molecular formula is C29H37Cl2SiZr. The Bertz CT molecular complexity index is 1030. The molecule has 0 N–H and O–H groups in total. The molecule has 2 aliphatic carbocycles. The molecule has 1 unspecified atom stereocenters. The van der Waals surface area contributed by atoms with E-state index in [1.165, 1.54) is 30.4 Å². The molecule has 2 aliphatic rings. The third-order valence-electron chi connectivity index (χ3n) is 7.38. The predicted molar refractivity (Wildman–Crippen MR) is 150 cm³/mol. The van der Waals surface area contributed by atoms with Gasteiger partial charge in [-0.25, -0.2) is 0 Å². The zero-order valence-electron chi connectivity index (χ0n) is 20.5. The van der Waals surface area contributed by atoms with E-state index in [-0.39, 0.29) is 27.9 Å². The minimum atomic E-state index is -2.21. The summed E-state index contributed by atoms with van der Waals surface area (Å²) < 4.78 is 2.11. The first-order valence-corrected chi connectivity index (χ1v) is 20.2. The van der Waals surface area contributed by atoms with Crippen LogP contribution in [0.4, 0.5) is 0 Å². The molecule has 1 atom stereocenters. The summed E-state index contributed by atoms with van der Waals surface area (Å²) in [7, 11) is 0. The smallest absolute Gasteiger partial charge is 0.147 e. The summed E-state index contributed by atoms with van der Waals surface area (Å²) in [6.45, 7) is 12.0. The van der Waals surface area contributed by atoms with Crippen molar-refractivity contribution in [3.8, 4) is 0 Å². The summed E-state index contributed by atoms with van der Waals surface area (Å²) in [4.78, 5) is 0. The van der Waals surface area contributed by atoms with Gasteiger partial charge in [0.15, 0.2) is 0 Å². The molecule has 0 nitrogen and oxygen atoms in total. The fourth-order valence-electron chi connectivity index (χ4n) is 5.48. The molecule has 0 aromatic heterocycles. The molecule has 0 bridgehead atoms. The van der Waals surface area contributed by atoms with E-state index in [1.54, 1.807) is 21.5 Å². The van der Waals surface area contributed by atoms with Crippen molar-refractivity contribution < 1.29 is 20.9 Å². The quantitative estimate of drug-likeness (QED) is 0.301. The van der Waals surface area contributed by atoms with E-state index in [4.69, 9.17) is 0 Å². The number of rotatable bonds is 7. The topological polar surface area (TPSA) is 0 Å². The maximum Gasteiger partial charge on any atom is -0.147 e. The van der Waals surface area contributed by atoms with Gasteiger partial charge in [-0.1, -0.05) is 0 Å². The van der Waals surface area contributed by atoms with Crippen LogP contribution in [-0.2, 0) is 20.9 Å². The van der Waals surface area contributed by atoms with E-state index in [0.717, 1.165) is 0 Å². The van der Waals surface area contributed by atoms with Crippen LogP contribution in [0.2, 0.25) is 3.12 Å². The molecule has 0 saturated heterocycles. The zero-order valence-corrected chi connectivity index (χ0v) is 25.8. The van der Waals surface area contributed by atoms with Gasteiger partial charge in [-0.2, -0.15) is 0 Å². The zero-order chi connectivity index (χ0) is 22.0.